The number of carbonyl (C=O) groups excluding carboxylic acids is 2. The number of terminal acetylenes is 1. The van der Waals surface area contributed by atoms with E-state index in [1.165, 1.54) is 0 Å². The summed E-state index contributed by atoms with van der Waals surface area (Å²) in [6.07, 6.45) is -2.22. The molecular formula is C15H24O6. The van der Waals surface area contributed by atoms with Crippen LogP contribution < -0.4 is 0 Å². The molecule has 0 unspecified atom stereocenters. The number of aliphatic hydroxyl groups is 3. The first-order valence-corrected chi connectivity index (χ1v) is 5.70. The van der Waals surface area contributed by atoms with E-state index in [-0.39, 0.29) is 16.4 Å². The molecule has 0 amide bonds. The van der Waals surface area contributed by atoms with E-state index < -0.39 is 36.2 Å². The summed E-state index contributed by atoms with van der Waals surface area (Å²) in [5.74, 6) is 14.1. The molecule has 0 radical (unpaired) electrons. The van der Waals surface area contributed by atoms with Gasteiger partial charge in [-0.2, -0.15) is 0 Å². The monoisotopic (exact) mass is 300 g/mol. The first-order chi connectivity index (χ1) is 9.99. The molecule has 4 atom stereocenters. The van der Waals surface area contributed by atoms with Crippen LogP contribution in [0.1, 0.15) is 16.4 Å². The number of ether oxygens (including phenoxy) is 1. The largest absolute Gasteiger partial charge is 0.454 e. The first kappa shape index (κ1) is 16.3. The van der Waals surface area contributed by atoms with Crippen LogP contribution in [-0.4, -0.2) is 51.5 Å². The fourth-order valence-corrected chi connectivity index (χ4v) is 1.44. The summed E-state index contributed by atoms with van der Waals surface area (Å²) < 4.78 is 4.52. The van der Waals surface area contributed by atoms with Gasteiger partial charge in [0.05, 0.1) is 6.42 Å². The Morgan fingerprint density at radius 1 is 1.29 bits per heavy atom. The lowest BCUT2D eigenvalue weighted by Crippen LogP contribution is -2.42. The molecule has 120 valence electrons. The van der Waals surface area contributed by atoms with Crippen molar-refractivity contribution in [1.82, 2.24) is 0 Å². The molecule has 1 aliphatic rings. The standard InChI is InChI=1S/C15H10O6.7H2/c1-2-3-4-5-6-7-8-9-10(16)11(17)14-12(18)13(19)15(20)21-14;;;;;;;/h1,11-14,17-19H,9H2;7*1H/t11-,12+,13-,14+;;;;;;;/m0......./s1. The Kier molecular flexibility index (Phi) is 6.02. The predicted molar refractivity (Wildman–Crippen MR) is 84.5 cm³/mol. The molecule has 21 heavy (non-hydrogen) atoms. The Morgan fingerprint density at radius 2 is 1.90 bits per heavy atom. The minimum absolute atomic E-state index is 0. The van der Waals surface area contributed by atoms with Gasteiger partial charge in [0.15, 0.2) is 24.1 Å². The van der Waals surface area contributed by atoms with Crippen LogP contribution in [0.15, 0.2) is 0 Å². The lowest BCUT2D eigenvalue weighted by atomic mass is 10.0. The average molecular weight is 300 g/mol. The molecule has 0 aromatic carbocycles. The highest BCUT2D eigenvalue weighted by Crippen LogP contribution is 2.19. The number of rotatable bonds is 3. The Morgan fingerprint density at radius 3 is 2.48 bits per heavy atom. The zero-order valence-corrected chi connectivity index (χ0v) is 10.7. The number of hydrogen-bond acceptors (Lipinski definition) is 6. The summed E-state index contributed by atoms with van der Waals surface area (Å²) in [5, 5.41) is 28.3. The molecule has 1 aliphatic heterocycles. The Balaban J connectivity index is -0.000000126. The van der Waals surface area contributed by atoms with Crippen LogP contribution in [-0.2, 0) is 14.3 Å². The molecular weight excluding hydrogens is 276 g/mol. The number of cyclic esters (lactones) is 1. The van der Waals surface area contributed by atoms with Crippen LogP contribution in [0.4, 0.5) is 0 Å². The Labute approximate surface area is 131 Å². The van der Waals surface area contributed by atoms with Crippen LogP contribution in [0.3, 0.4) is 0 Å². The number of aliphatic hydroxyl groups excluding tert-OH is 3. The van der Waals surface area contributed by atoms with E-state index in [0.29, 0.717) is 0 Å². The van der Waals surface area contributed by atoms with Gasteiger partial charge in [-0.25, -0.2) is 4.79 Å². The van der Waals surface area contributed by atoms with E-state index in [9.17, 15) is 19.8 Å². The van der Waals surface area contributed by atoms with Crippen LogP contribution in [0.25, 0.3) is 0 Å². The lowest BCUT2D eigenvalue weighted by molar-refractivity contribution is -0.153. The molecule has 1 rings (SSSR count). The van der Waals surface area contributed by atoms with Gasteiger partial charge in [-0.3, -0.25) is 4.79 Å². The highest BCUT2D eigenvalue weighted by atomic mass is 16.6. The Hall–Kier alpha value is -2.74. The second-order valence-electron chi connectivity index (χ2n) is 3.87. The molecule has 0 bridgehead atoms. The van der Waals surface area contributed by atoms with Crippen LogP contribution in [0, 0.1) is 47.9 Å². The van der Waals surface area contributed by atoms with E-state index in [0.717, 1.165) is 0 Å². The van der Waals surface area contributed by atoms with E-state index in [1.54, 1.807) is 0 Å². The normalized spacial score (nSPS) is 23.9. The molecule has 6 nitrogen and oxygen atoms in total. The Bertz CT molecular complexity index is 675. The molecule has 1 saturated heterocycles. The number of hydrogen-bond donors (Lipinski definition) is 3. The van der Waals surface area contributed by atoms with Crippen molar-refractivity contribution in [3.05, 3.63) is 0 Å². The highest BCUT2D eigenvalue weighted by molar-refractivity contribution is 5.87. The van der Waals surface area contributed by atoms with Crippen molar-refractivity contribution in [2.45, 2.75) is 30.8 Å². The van der Waals surface area contributed by atoms with Gasteiger partial charge in [-0.05, 0) is 35.5 Å². The first-order valence-electron chi connectivity index (χ1n) is 5.70. The van der Waals surface area contributed by atoms with Crippen LogP contribution in [0.5, 0.6) is 0 Å². The minimum atomic E-state index is -1.77. The van der Waals surface area contributed by atoms with Crippen molar-refractivity contribution < 1.29 is 39.6 Å². The minimum Gasteiger partial charge on any atom is -0.454 e. The summed E-state index contributed by atoms with van der Waals surface area (Å²) in [6.45, 7) is 0. The van der Waals surface area contributed by atoms with Gasteiger partial charge in [0.2, 0.25) is 0 Å². The van der Waals surface area contributed by atoms with Crippen LogP contribution in [0.2, 0.25) is 0 Å². The smallest absolute Gasteiger partial charge is 0.338 e. The highest BCUT2D eigenvalue weighted by Gasteiger charge is 2.47. The molecule has 0 saturated carbocycles. The number of ketones is 1. The third-order valence-corrected chi connectivity index (χ3v) is 2.47. The molecule has 3 N–H and O–H groups in total. The number of Topliss-reactive ketones (excluding diaryl/α,β-unsaturated/α-hetero) is 1. The number of esters is 1. The van der Waals surface area contributed by atoms with Gasteiger partial charge in [-0.15, -0.1) is 6.42 Å². The van der Waals surface area contributed by atoms with E-state index in [2.05, 4.69) is 40.3 Å². The quantitative estimate of drug-likeness (QED) is 0.471. The summed E-state index contributed by atoms with van der Waals surface area (Å²) in [6, 6.07) is 0. The fraction of sp³-hybridized carbons (Fsp3) is 0.333. The van der Waals surface area contributed by atoms with Crippen molar-refractivity contribution >= 4 is 11.8 Å². The van der Waals surface area contributed by atoms with Crippen molar-refractivity contribution in [3.8, 4) is 47.9 Å². The maximum atomic E-state index is 11.6. The molecule has 0 aromatic heterocycles. The van der Waals surface area contributed by atoms with E-state index >= 15 is 0 Å². The van der Waals surface area contributed by atoms with Gasteiger partial charge >= 0.3 is 5.97 Å². The van der Waals surface area contributed by atoms with Crippen molar-refractivity contribution in [2.24, 2.45) is 0 Å². The average Bonchev–Trinajstić information content (AvgIpc) is 2.73. The summed E-state index contributed by atoms with van der Waals surface area (Å²) in [4.78, 5) is 22.6. The third-order valence-electron chi connectivity index (χ3n) is 2.47. The van der Waals surface area contributed by atoms with Crippen LogP contribution >= 0.6 is 0 Å². The maximum Gasteiger partial charge on any atom is 0.338 e. The second kappa shape index (κ2) is 7.75. The fourth-order valence-electron chi connectivity index (χ4n) is 1.44. The zero-order valence-electron chi connectivity index (χ0n) is 10.7. The second-order valence-corrected chi connectivity index (χ2v) is 3.87. The molecule has 1 heterocycles. The predicted octanol–water partition coefficient (Wildman–Crippen LogP) is -0.681. The molecule has 1 fully saturated rings. The summed E-state index contributed by atoms with van der Waals surface area (Å²) in [7, 11) is 0. The SMILES string of the molecule is C#CC#CC#CC#CCC(=O)[C@H](O)[C@H]1OC(=O)[C@@H](O)[C@H]1O.[HH].[HH].[HH].[HH].[HH].[HH].[HH]. The van der Waals surface area contributed by atoms with Gasteiger partial charge < -0.3 is 20.1 Å². The van der Waals surface area contributed by atoms with Crippen molar-refractivity contribution in [2.75, 3.05) is 0 Å². The zero-order chi connectivity index (χ0) is 15.8. The topological polar surface area (TPSA) is 104 Å². The van der Waals surface area contributed by atoms with Gasteiger partial charge in [0, 0.05) is 9.99 Å². The number of carbonyl (C=O) groups is 2. The van der Waals surface area contributed by atoms with Gasteiger partial charge in [0.1, 0.15) is 6.10 Å². The summed E-state index contributed by atoms with van der Waals surface area (Å²) in [5.41, 5.74) is 0. The molecule has 0 aliphatic carbocycles. The molecule has 0 aromatic rings. The van der Waals surface area contributed by atoms with Crippen molar-refractivity contribution in [1.29, 1.82) is 0 Å². The van der Waals surface area contributed by atoms with E-state index in [1.807, 2.05) is 5.92 Å². The van der Waals surface area contributed by atoms with Gasteiger partial charge in [-0.1, -0.05) is 5.92 Å². The van der Waals surface area contributed by atoms with Gasteiger partial charge in [0.25, 0.3) is 0 Å². The lowest BCUT2D eigenvalue weighted by Gasteiger charge is -2.17. The van der Waals surface area contributed by atoms with E-state index in [4.69, 9.17) is 11.5 Å². The molecule has 0 spiro atoms. The third kappa shape index (κ3) is 4.39. The maximum absolute atomic E-state index is 11.6. The van der Waals surface area contributed by atoms with Crippen molar-refractivity contribution in [3.63, 3.8) is 0 Å². The molecule has 6 heteroatoms. The summed E-state index contributed by atoms with van der Waals surface area (Å²) >= 11 is 0.